The molecule has 2 aromatic rings. The maximum absolute atomic E-state index is 8.86. The van der Waals surface area contributed by atoms with Crippen molar-refractivity contribution in [2.75, 3.05) is 20.1 Å². The Morgan fingerprint density at radius 1 is 1.20 bits per heavy atom. The third-order valence-electron chi connectivity index (χ3n) is 4.50. The number of halogens is 1. The number of nitrogens with one attached hydrogen (secondary N) is 1. The molecule has 1 saturated heterocycles. The lowest BCUT2D eigenvalue weighted by atomic mass is 9.99. The number of benzene rings is 2. The maximum atomic E-state index is 8.86. The maximum Gasteiger partial charge on any atom is 0.193 e. The summed E-state index contributed by atoms with van der Waals surface area (Å²) in [5, 5.41) is 12.3. The first-order chi connectivity index (χ1) is 11.8. The van der Waals surface area contributed by atoms with E-state index in [0.717, 1.165) is 31.0 Å². The molecule has 2 aromatic carbocycles. The van der Waals surface area contributed by atoms with E-state index in [1.165, 1.54) is 5.56 Å². The van der Waals surface area contributed by atoms with E-state index in [2.05, 4.69) is 51.6 Å². The summed E-state index contributed by atoms with van der Waals surface area (Å²) in [5.41, 5.74) is 3.24. The Morgan fingerprint density at radius 3 is 2.56 bits per heavy atom. The van der Waals surface area contributed by atoms with E-state index < -0.39 is 0 Å². The topological polar surface area (TPSA) is 51.4 Å². The number of hydrogen-bond donors (Lipinski definition) is 1. The van der Waals surface area contributed by atoms with Gasteiger partial charge in [0.15, 0.2) is 5.96 Å². The van der Waals surface area contributed by atoms with Gasteiger partial charge in [-0.25, -0.2) is 0 Å². The molecule has 0 amide bonds. The number of rotatable bonds is 3. The van der Waals surface area contributed by atoms with Crippen molar-refractivity contribution in [3.05, 3.63) is 71.3 Å². The van der Waals surface area contributed by atoms with Gasteiger partial charge in [-0.1, -0.05) is 42.5 Å². The minimum atomic E-state index is 0. The van der Waals surface area contributed by atoms with Gasteiger partial charge in [0.1, 0.15) is 0 Å². The van der Waals surface area contributed by atoms with Crippen molar-refractivity contribution in [3.63, 3.8) is 0 Å². The van der Waals surface area contributed by atoms with E-state index in [4.69, 9.17) is 5.26 Å². The van der Waals surface area contributed by atoms with Crippen molar-refractivity contribution >= 4 is 29.9 Å². The first kappa shape index (κ1) is 19.3. The van der Waals surface area contributed by atoms with Crippen molar-refractivity contribution in [3.8, 4) is 6.07 Å². The second-order valence-corrected chi connectivity index (χ2v) is 6.05. The van der Waals surface area contributed by atoms with Crippen LogP contribution in [0.2, 0.25) is 0 Å². The molecule has 1 aliphatic heterocycles. The molecule has 0 aliphatic carbocycles. The molecule has 5 heteroatoms. The van der Waals surface area contributed by atoms with Gasteiger partial charge >= 0.3 is 0 Å². The zero-order valence-electron chi connectivity index (χ0n) is 14.4. The summed E-state index contributed by atoms with van der Waals surface area (Å²) in [6, 6.07) is 20.5. The van der Waals surface area contributed by atoms with E-state index >= 15 is 0 Å². The molecule has 3 rings (SSSR count). The second-order valence-electron chi connectivity index (χ2n) is 6.05. The van der Waals surface area contributed by atoms with Gasteiger partial charge in [0, 0.05) is 32.6 Å². The average molecular weight is 446 g/mol. The Morgan fingerprint density at radius 2 is 1.92 bits per heavy atom. The van der Waals surface area contributed by atoms with Gasteiger partial charge in [0.05, 0.1) is 11.6 Å². The van der Waals surface area contributed by atoms with Crippen LogP contribution in [-0.2, 0) is 6.54 Å². The fourth-order valence-electron chi connectivity index (χ4n) is 3.16. The Kier molecular flexibility index (Phi) is 7.26. The summed E-state index contributed by atoms with van der Waals surface area (Å²) in [7, 11) is 1.83. The van der Waals surface area contributed by atoms with Crippen molar-refractivity contribution in [1.82, 2.24) is 10.2 Å². The smallest absolute Gasteiger partial charge is 0.193 e. The van der Waals surface area contributed by atoms with Crippen LogP contribution in [0, 0.1) is 11.3 Å². The predicted molar refractivity (Wildman–Crippen MR) is 112 cm³/mol. The first-order valence-electron chi connectivity index (χ1n) is 8.29. The normalized spacial score (nSPS) is 16.9. The lowest BCUT2D eigenvalue weighted by Gasteiger charge is -2.22. The summed E-state index contributed by atoms with van der Waals surface area (Å²) in [6.07, 6.45) is 1.15. The Balaban J connectivity index is 0.00000225. The summed E-state index contributed by atoms with van der Waals surface area (Å²) in [4.78, 5) is 6.75. The molecule has 4 nitrogen and oxygen atoms in total. The van der Waals surface area contributed by atoms with Crippen LogP contribution < -0.4 is 5.32 Å². The quantitative estimate of drug-likeness (QED) is 0.444. The molecule has 130 valence electrons. The van der Waals surface area contributed by atoms with E-state index in [-0.39, 0.29) is 24.0 Å². The van der Waals surface area contributed by atoms with Crippen molar-refractivity contribution < 1.29 is 0 Å². The van der Waals surface area contributed by atoms with Gasteiger partial charge in [-0.15, -0.1) is 24.0 Å². The van der Waals surface area contributed by atoms with Gasteiger partial charge in [-0.2, -0.15) is 5.26 Å². The molecule has 1 unspecified atom stereocenters. The van der Waals surface area contributed by atoms with Crippen LogP contribution in [0.1, 0.15) is 29.0 Å². The van der Waals surface area contributed by atoms with Gasteiger partial charge in [0.2, 0.25) is 0 Å². The van der Waals surface area contributed by atoms with Crippen LogP contribution in [0.15, 0.2) is 59.6 Å². The fraction of sp³-hybridized carbons (Fsp3) is 0.300. The van der Waals surface area contributed by atoms with Crippen LogP contribution in [0.4, 0.5) is 0 Å². The van der Waals surface area contributed by atoms with Crippen LogP contribution in [0.3, 0.4) is 0 Å². The van der Waals surface area contributed by atoms with Gasteiger partial charge in [0.25, 0.3) is 0 Å². The lowest BCUT2D eigenvalue weighted by Crippen LogP contribution is -2.39. The minimum absolute atomic E-state index is 0. The highest BCUT2D eigenvalue weighted by Crippen LogP contribution is 2.26. The SMILES string of the molecule is CN=C(NCc1ccc(C#N)cc1)N1CCC(c2ccccc2)C1.I. The number of likely N-dealkylation sites (tertiary alicyclic amines) is 1. The van der Waals surface area contributed by atoms with E-state index in [1.54, 1.807) is 0 Å². The number of hydrogen-bond acceptors (Lipinski definition) is 2. The molecule has 0 saturated carbocycles. The van der Waals surface area contributed by atoms with Crippen LogP contribution in [0.25, 0.3) is 0 Å². The first-order valence-corrected chi connectivity index (χ1v) is 8.29. The van der Waals surface area contributed by atoms with Gasteiger partial charge in [-0.3, -0.25) is 4.99 Å². The summed E-state index contributed by atoms with van der Waals surface area (Å²) in [5.74, 6) is 1.51. The molecule has 1 fully saturated rings. The Bertz CT molecular complexity index is 735. The average Bonchev–Trinajstić information content (AvgIpc) is 3.13. The molecule has 0 bridgehead atoms. The van der Waals surface area contributed by atoms with Crippen LogP contribution in [-0.4, -0.2) is 31.0 Å². The van der Waals surface area contributed by atoms with E-state index in [9.17, 15) is 0 Å². The number of nitrogens with zero attached hydrogens (tertiary/aromatic N) is 3. The van der Waals surface area contributed by atoms with Crippen molar-refractivity contribution in [2.24, 2.45) is 4.99 Å². The summed E-state index contributed by atoms with van der Waals surface area (Å²) < 4.78 is 0. The fourth-order valence-corrected chi connectivity index (χ4v) is 3.16. The number of guanidine groups is 1. The van der Waals surface area contributed by atoms with Crippen LogP contribution in [0.5, 0.6) is 0 Å². The number of aliphatic imine (C=N–C) groups is 1. The Labute approximate surface area is 166 Å². The molecule has 1 N–H and O–H groups in total. The van der Waals surface area contributed by atoms with E-state index in [0.29, 0.717) is 18.0 Å². The molecule has 25 heavy (non-hydrogen) atoms. The molecule has 1 heterocycles. The van der Waals surface area contributed by atoms with Crippen molar-refractivity contribution in [1.29, 1.82) is 5.26 Å². The zero-order valence-corrected chi connectivity index (χ0v) is 16.7. The van der Waals surface area contributed by atoms with Gasteiger partial charge < -0.3 is 10.2 Å². The molecule has 0 radical (unpaired) electrons. The third kappa shape index (κ3) is 4.95. The highest BCUT2D eigenvalue weighted by molar-refractivity contribution is 14.0. The highest BCUT2D eigenvalue weighted by atomic mass is 127. The monoisotopic (exact) mass is 446 g/mol. The third-order valence-corrected chi connectivity index (χ3v) is 4.50. The molecule has 1 atom stereocenters. The molecule has 0 spiro atoms. The lowest BCUT2D eigenvalue weighted by molar-refractivity contribution is 0.486. The molecular weight excluding hydrogens is 423 g/mol. The van der Waals surface area contributed by atoms with E-state index in [1.807, 2.05) is 31.3 Å². The largest absolute Gasteiger partial charge is 0.352 e. The van der Waals surface area contributed by atoms with Gasteiger partial charge in [-0.05, 0) is 29.7 Å². The molecule has 0 aromatic heterocycles. The summed E-state index contributed by atoms with van der Waals surface area (Å²) >= 11 is 0. The number of nitriles is 1. The molecular formula is C20H23IN4. The summed E-state index contributed by atoms with van der Waals surface area (Å²) in [6.45, 7) is 2.73. The second kappa shape index (κ2) is 9.42. The zero-order chi connectivity index (χ0) is 16.8. The molecule has 1 aliphatic rings. The Hall–Kier alpha value is -2.07. The standard InChI is InChI=1S/C20H22N4.HI/c1-22-20(23-14-17-9-7-16(13-21)8-10-17)24-12-11-19(15-24)18-5-3-2-4-6-18;/h2-10,19H,11-12,14-15H2,1H3,(H,22,23);1H. The highest BCUT2D eigenvalue weighted by Gasteiger charge is 2.25. The predicted octanol–water partition coefficient (Wildman–Crippen LogP) is 3.74. The van der Waals surface area contributed by atoms with Crippen LogP contribution >= 0.6 is 24.0 Å². The minimum Gasteiger partial charge on any atom is -0.352 e. The van der Waals surface area contributed by atoms with Crippen molar-refractivity contribution in [2.45, 2.75) is 18.9 Å².